The molecule has 17 heavy (non-hydrogen) atoms. The number of aliphatic carboxylic acids is 1. The molecule has 1 aliphatic rings. The highest BCUT2D eigenvalue weighted by Gasteiger charge is 2.33. The highest BCUT2D eigenvalue weighted by molar-refractivity contribution is 7.10. The van der Waals surface area contributed by atoms with E-state index >= 15 is 0 Å². The molecule has 0 radical (unpaired) electrons. The maximum atomic E-state index is 11.1. The van der Waals surface area contributed by atoms with E-state index in [4.69, 9.17) is 5.11 Å². The number of nitrogens with zero attached hydrogens (tertiary/aromatic N) is 1. The molecule has 3 rings (SSSR count). The normalized spacial score (nSPS) is 23.3. The van der Waals surface area contributed by atoms with Gasteiger partial charge in [-0.25, -0.2) is 4.98 Å². The number of fused-ring (bicyclic) bond motifs is 1. The summed E-state index contributed by atoms with van der Waals surface area (Å²) in [6.07, 6.45) is 2.07. The lowest BCUT2D eigenvalue weighted by molar-refractivity contribution is -0.139. The minimum absolute atomic E-state index is 0.119. The van der Waals surface area contributed by atoms with E-state index in [-0.39, 0.29) is 6.04 Å². The molecule has 0 unspecified atom stereocenters. The Morgan fingerprint density at radius 3 is 3.18 bits per heavy atom. The Bertz CT molecular complexity index is 535. The van der Waals surface area contributed by atoms with Gasteiger partial charge in [0.15, 0.2) is 0 Å². The number of carboxylic acid groups (broad SMARTS) is 1. The first-order valence-corrected chi connectivity index (χ1v) is 6.18. The Morgan fingerprint density at radius 1 is 1.59 bits per heavy atom. The predicted octanol–water partition coefficient (Wildman–Crippen LogP) is 1.16. The van der Waals surface area contributed by atoms with Crippen LogP contribution in [0.1, 0.15) is 22.3 Å². The van der Waals surface area contributed by atoms with Crippen LogP contribution in [0.4, 0.5) is 0 Å². The van der Waals surface area contributed by atoms with Gasteiger partial charge in [0.2, 0.25) is 0 Å². The molecule has 5 nitrogen and oxygen atoms in total. The lowest BCUT2D eigenvalue weighted by atomic mass is 9.98. The van der Waals surface area contributed by atoms with Crippen LogP contribution < -0.4 is 5.32 Å². The van der Waals surface area contributed by atoms with E-state index in [9.17, 15) is 4.79 Å². The summed E-state index contributed by atoms with van der Waals surface area (Å²) >= 11 is 1.60. The number of rotatable bonds is 2. The quantitative estimate of drug-likeness (QED) is 0.746. The number of nitrogens with one attached hydrogen (secondary N) is 2. The molecule has 6 heteroatoms. The van der Waals surface area contributed by atoms with E-state index in [1.807, 2.05) is 17.5 Å². The van der Waals surface area contributed by atoms with Gasteiger partial charge in [-0.3, -0.25) is 10.1 Å². The molecule has 88 valence electrons. The molecule has 0 spiro atoms. The number of hydrogen-bond acceptors (Lipinski definition) is 4. The highest BCUT2D eigenvalue weighted by atomic mass is 32.1. The number of carbonyl (C=O) groups is 1. The zero-order valence-corrected chi connectivity index (χ0v) is 9.70. The van der Waals surface area contributed by atoms with Gasteiger partial charge in [-0.1, -0.05) is 6.07 Å². The first kappa shape index (κ1) is 10.5. The van der Waals surface area contributed by atoms with Crippen molar-refractivity contribution >= 4 is 17.3 Å². The van der Waals surface area contributed by atoms with Crippen LogP contribution in [-0.4, -0.2) is 27.1 Å². The molecule has 3 N–H and O–H groups in total. The maximum absolute atomic E-state index is 11.1. The zero-order valence-electron chi connectivity index (χ0n) is 8.88. The molecule has 0 saturated carbocycles. The van der Waals surface area contributed by atoms with Gasteiger partial charge in [0.05, 0.1) is 18.1 Å². The van der Waals surface area contributed by atoms with Crippen LogP contribution >= 0.6 is 11.3 Å². The number of aromatic amines is 1. The van der Waals surface area contributed by atoms with E-state index in [0.717, 1.165) is 16.3 Å². The average molecular weight is 249 g/mol. The molecule has 0 aliphatic carbocycles. The molecule has 3 heterocycles. The molecule has 2 aromatic rings. The number of carboxylic acids is 1. The van der Waals surface area contributed by atoms with Gasteiger partial charge in [0, 0.05) is 17.0 Å². The summed E-state index contributed by atoms with van der Waals surface area (Å²) in [7, 11) is 0. The second kappa shape index (κ2) is 3.97. The van der Waals surface area contributed by atoms with Gasteiger partial charge in [-0.05, 0) is 11.4 Å². The monoisotopic (exact) mass is 249 g/mol. The van der Waals surface area contributed by atoms with Crippen molar-refractivity contribution in [2.24, 2.45) is 0 Å². The van der Waals surface area contributed by atoms with Crippen molar-refractivity contribution in [3.05, 3.63) is 40.1 Å². The molecule has 0 saturated heterocycles. The average Bonchev–Trinajstić information content (AvgIpc) is 2.98. The van der Waals surface area contributed by atoms with Crippen molar-refractivity contribution in [3.8, 4) is 0 Å². The van der Waals surface area contributed by atoms with E-state index in [2.05, 4.69) is 15.3 Å². The van der Waals surface area contributed by atoms with Gasteiger partial charge in [-0.2, -0.15) is 0 Å². The molecule has 0 aromatic carbocycles. The van der Waals surface area contributed by atoms with Crippen LogP contribution in [0.25, 0.3) is 0 Å². The lowest BCUT2D eigenvalue weighted by Crippen LogP contribution is -2.44. The Balaban J connectivity index is 2.01. The highest BCUT2D eigenvalue weighted by Crippen LogP contribution is 2.30. The number of hydrogen-bond donors (Lipinski definition) is 3. The van der Waals surface area contributed by atoms with Crippen molar-refractivity contribution in [2.75, 3.05) is 0 Å². The summed E-state index contributed by atoms with van der Waals surface area (Å²) < 4.78 is 0. The Labute approximate surface area is 102 Å². The lowest BCUT2D eigenvalue weighted by Gasteiger charge is -2.27. The van der Waals surface area contributed by atoms with Crippen LogP contribution in [0.3, 0.4) is 0 Å². The van der Waals surface area contributed by atoms with Gasteiger partial charge in [0.25, 0.3) is 0 Å². The molecule has 0 fully saturated rings. The fraction of sp³-hybridized carbons (Fsp3) is 0.273. The molecule has 2 aromatic heterocycles. The Hall–Kier alpha value is -1.66. The predicted molar refractivity (Wildman–Crippen MR) is 63.0 cm³/mol. The zero-order chi connectivity index (χ0) is 11.8. The molecule has 0 bridgehead atoms. The van der Waals surface area contributed by atoms with Crippen molar-refractivity contribution in [1.29, 1.82) is 0 Å². The molecule has 2 atom stereocenters. The smallest absolute Gasteiger partial charge is 0.321 e. The molecular formula is C11H11N3O2S. The second-order valence-corrected chi connectivity index (χ2v) is 4.96. The minimum atomic E-state index is -0.827. The Morgan fingerprint density at radius 2 is 2.47 bits per heavy atom. The van der Waals surface area contributed by atoms with Gasteiger partial charge >= 0.3 is 5.97 Å². The SMILES string of the molecule is O=C(O)[C@H]1Cc2[nH]cnc2[C@H](c2cccs2)N1. The topological polar surface area (TPSA) is 78.0 Å². The third-order valence-corrected chi connectivity index (χ3v) is 3.86. The summed E-state index contributed by atoms with van der Waals surface area (Å²) in [4.78, 5) is 19.5. The van der Waals surface area contributed by atoms with Crippen LogP contribution in [0.15, 0.2) is 23.8 Å². The second-order valence-electron chi connectivity index (χ2n) is 3.98. The summed E-state index contributed by atoms with van der Waals surface area (Å²) in [6.45, 7) is 0. The largest absolute Gasteiger partial charge is 0.480 e. The molecule has 1 aliphatic heterocycles. The first-order valence-electron chi connectivity index (χ1n) is 5.30. The van der Waals surface area contributed by atoms with E-state index in [1.165, 1.54) is 0 Å². The fourth-order valence-electron chi connectivity index (χ4n) is 2.12. The van der Waals surface area contributed by atoms with Gasteiger partial charge in [-0.15, -0.1) is 11.3 Å². The third kappa shape index (κ3) is 1.75. The van der Waals surface area contributed by atoms with Crippen molar-refractivity contribution in [3.63, 3.8) is 0 Å². The minimum Gasteiger partial charge on any atom is -0.480 e. The molecular weight excluding hydrogens is 238 g/mol. The van der Waals surface area contributed by atoms with E-state index in [0.29, 0.717) is 6.42 Å². The van der Waals surface area contributed by atoms with Gasteiger partial charge in [0.1, 0.15) is 6.04 Å². The summed E-state index contributed by atoms with van der Waals surface area (Å²) in [6, 6.07) is 3.27. The van der Waals surface area contributed by atoms with Gasteiger partial charge < -0.3 is 10.1 Å². The van der Waals surface area contributed by atoms with Crippen LogP contribution in [0.2, 0.25) is 0 Å². The fourth-order valence-corrected chi connectivity index (χ4v) is 2.91. The standard InChI is InChI=1S/C11H11N3O2S/c15-11(16)7-4-6-9(13-5-12-6)10(14-7)8-2-1-3-17-8/h1-3,5,7,10,14H,4H2,(H,12,13)(H,15,16)/t7-,10+/m1/s1. The molecule has 0 amide bonds. The number of imidazole rings is 1. The van der Waals surface area contributed by atoms with Crippen molar-refractivity contribution < 1.29 is 9.90 Å². The van der Waals surface area contributed by atoms with Crippen LogP contribution in [0.5, 0.6) is 0 Å². The number of thiophene rings is 1. The summed E-state index contributed by atoms with van der Waals surface area (Å²) in [5.41, 5.74) is 1.82. The van der Waals surface area contributed by atoms with E-state index in [1.54, 1.807) is 17.7 Å². The first-order chi connectivity index (χ1) is 8.25. The summed E-state index contributed by atoms with van der Waals surface area (Å²) in [5.74, 6) is -0.827. The maximum Gasteiger partial charge on any atom is 0.321 e. The van der Waals surface area contributed by atoms with E-state index < -0.39 is 12.0 Å². The summed E-state index contributed by atoms with van der Waals surface area (Å²) in [5, 5.41) is 14.2. The van der Waals surface area contributed by atoms with Crippen LogP contribution in [-0.2, 0) is 11.2 Å². The Kier molecular flexibility index (Phi) is 2.45. The van der Waals surface area contributed by atoms with Crippen molar-refractivity contribution in [2.45, 2.75) is 18.5 Å². The number of aromatic nitrogens is 2. The number of H-pyrrole nitrogens is 1. The van der Waals surface area contributed by atoms with Crippen LogP contribution in [0, 0.1) is 0 Å². The third-order valence-electron chi connectivity index (χ3n) is 2.93. The van der Waals surface area contributed by atoms with Crippen molar-refractivity contribution in [1.82, 2.24) is 15.3 Å².